The van der Waals surface area contributed by atoms with Crippen molar-refractivity contribution in [1.82, 2.24) is 4.98 Å². The zero-order valence-electron chi connectivity index (χ0n) is 7.08. The number of thiazole rings is 1. The minimum absolute atomic E-state index is 0.325. The number of halogens is 3. The van der Waals surface area contributed by atoms with Gasteiger partial charge in [0.05, 0.1) is 5.69 Å². The predicted octanol–water partition coefficient (Wildman–Crippen LogP) is 1.24. The van der Waals surface area contributed by atoms with E-state index in [1.807, 2.05) is 0 Å². The molecule has 1 atom stereocenters. The largest absolute Gasteiger partial charge is 0.420 e. The molecule has 7 heteroatoms. The predicted molar refractivity (Wildman–Crippen MR) is 45.9 cm³/mol. The molecule has 1 rings (SSSR count). The van der Waals surface area contributed by atoms with Crippen molar-refractivity contribution in [2.75, 3.05) is 6.54 Å². The van der Waals surface area contributed by atoms with Crippen molar-refractivity contribution in [3.8, 4) is 0 Å². The van der Waals surface area contributed by atoms with Gasteiger partial charge in [0.15, 0.2) is 0 Å². The lowest BCUT2D eigenvalue weighted by Gasteiger charge is -2.10. The van der Waals surface area contributed by atoms with Crippen LogP contribution in [0.1, 0.15) is 16.8 Å². The molecule has 0 radical (unpaired) electrons. The molecule has 3 nitrogen and oxygen atoms in total. The minimum atomic E-state index is -4.65. The molecule has 0 spiro atoms. The first-order chi connectivity index (χ1) is 6.45. The smallest absolute Gasteiger partial charge is 0.377 e. The molecule has 1 unspecified atom stereocenters. The molecule has 0 aliphatic heterocycles. The average molecular weight is 226 g/mol. The van der Waals surface area contributed by atoms with E-state index < -0.39 is 12.3 Å². The molecular weight excluding hydrogens is 217 g/mol. The van der Waals surface area contributed by atoms with Crippen LogP contribution in [0.5, 0.6) is 0 Å². The van der Waals surface area contributed by atoms with Crippen molar-refractivity contribution in [3.05, 3.63) is 16.1 Å². The number of nitrogens with zero attached hydrogens (tertiary/aromatic N) is 1. The summed E-state index contributed by atoms with van der Waals surface area (Å²) in [5.74, 6) is 0. The van der Waals surface area contributed by atoms with E-state index in [0.29, 0.717) is 18.7 Å². The van der Waals surface area contributed by atoms with E-state index >= 15 is 0 Å². The normalized spacial score (nSPS) is 14.4. The number of alkyl halides is 3. The molecule has 0 fully saturated rings. The summed E-state index contributed by atoms with van der Waals surface area (Å²) in [5, 5.41) is 9.97. The molecule has 14 heavy (non-hydrogen) atoms. The number of rotatable bonds is 3. The van der Waals surface area contributed by atoms with Crippen molar-refractivity contribution in [2.45, 2.75) is 18.7 Å². The molecule has 80 valence electrons. The zero-order valence-corrected chi connectivity index (χ0v) is 7.90. The lowest BCUT2D eigenvalue weighted by atomic mass is 10.3. The van der Waals surface area contributed by atoms with Crippen molar-refractivity contribution in [2.24, 2.45) is 5.73 Å². The third-order valence-corrected chi connectivity index (χ3v) is 2.46. The Morgan fingerprint density at radius 2 is 2.21 bits per heavy atom. The first-order valence-corrected chi connectivity index (χ1v) is 4.72. The number of nitrogens with two attached hydrogens (primary N) is 1. The highest BCUT2D eigenvalue weighted by atomic mass is 32.1. The topological polar surface area (TPSA) is 59.1 Å². The molecule has 0 saturated heterocycles. The molecule has 1 aromatic heterocycles. The Hall–Kier alpha value is -0.660. The van der Waals surface area contributed by atoms with E-state index in [4.69, 9.17) is 10.8 Å². The summed E-state index contributed by atoms with van der Waals surface area (Å²) in [6, 6.07) is 0. The lowest BCUT2D eigenvalue weighted by molar-refractivity contribution is -0.206. The van der Waals surface area contributed by atoms with Crippen LogP contribution < -0.4 is 5.73 Å². The molecule has 0 aliphatic rings. The summed E-state index contributed by atoms with van der Waals surface area (Å²) >= 11 is 0.788. The highest BCUT2D eigenvalue weighted by molar-refractivity contribution is 7.09. The maximum atomic E-state index is 12.0. The van der Waals surface area contributed by atoms with Crippen molar-refractivity contribution >= 4 is 11.3 Å². The molecule has 1 heterocycles. The standard InChI is InChI=1S/C7H9F3N2OS/c8-7(9,10)5(13)6-12-4(1-2-11)3-14-6/h3,5,13H,1-2,11H2. The Morgan fingerprint density at radius 3 is 2.71 bits per heavy atom. The average Bonchev–Trinajstić information content (AvgIpc) is 2.50. The third-order valence-electron chi connectivity index (χ3n) is 1.51. The van der Waals surface area contributed by atoms with E-state index in [2.05, 4.69) is 4.98 Å². The van der Waals surface area contributed by atoms with Gasteiger partial charge < -0.3 is 10.8 Å². The van der Waals surface area contributed by atoms with E-state index in [0.717, 1.165) is 11.3 Å². The van der Waals surface area contributed by atoms with Crippen LogP contribution in [0.15, 0.2) is 5.38 Å². The van der Waals surface area contributed by atoms with Crippen LogP contribution in [0.4, 0.5) is 13.2 Å². The van der Waals surface area contributed by atoms with Crippen LogP contribution in [-0.4, -0.2) is 22.8 Å². The van der Waals surface area contributed by atoms with Gasteiger partial charge in [0, 0.05) is 11.8 Å². The van der Waals surface area contributed by atoms with Gasteiger partial charge >= 0.3 is 6.18 Å². The van der Waals surface area contributed by atoms with Gasteiger partial charge in [-0.3, -0.25) is 0 Å². The maximum absolute atomic E-state index is 12.0. The summed E-state index contributed by atoms with van der Waals surface area (Å²) in [5.41, 5.74) is 5.69. The van der Waals surface area contributed by atoms with Gasteiger partial charge in [-0.2, -0.15) is 13.2 Å². The Labute approximate surface area is 82.4 Å². The number of aliphatic hydroxyl groups is 1. The van der Waals surface area contributed by atoms with Crippen molar-refractivity contribution in [1.29, 1.82) is 0 Å². The van der Waals surface area contributed by atoms with E-state index in [-0.39, 0.29) is 5.01 Å². The van der Waals surface area contributed by atoms with Gasteiger partial charge in [0.25, 0.3) is 0 Å². The second-order valence-electron chi connectivity index (χ2n) is 2.66. The summed E-state index contributed by atoms with van der Waals surface area (Å²) in [6.07, 6.45) is -6.72. The first-order valence-electron chi connectivity index (χ1n) is 3.84. The quantitative estimate of drug-likeness (QED) is 0.815. The van der Waals surface area contributed by atoms with Crippen LogP contribution in [0, 0.1) is 0 Å². The van der Waals surface area contributed by atoms with E-state index in [1.165, 1.54) is 5.38 Å². The van der Waals surface area contributed by atoms with Crippen LogP contribution in [0.25, 0.3) is 0 Å². The van der Waals surface area contributed by atoms with Gasteiger partial charge in [0.1, 0.15) is 5.01 Å². The summed E-state index contributed by atoms with van der Waals surface area (Å²) < 4.78 is 36.1. The van der Waals surface area contributed by atoms with Gasteiger partial charge in [-0.15, -0.1) is 11.3 Å². The van der Waals surface area contributed by atoms with Crippen LogP contribution in [-0.2, 0) is 6.42 Å². The van der Waals surface area contributed by atoms with Crippen LogP contribution in [0.2, 0.25) is 0 Å². The maximum Gasteiger partial charge on any atom is 0.420 e. The fourth-order valence-corrected chi connectivity index (χ4v) is 1.71. The summed E-state index contributed by atoms with van der Waals surface area (Å²) in [4.78, 5) is 3.63. The molecule has 0 aliphatic carbocycles. The zero-order chi connectivity index (χ0) is 10.8. The third kappa shape index (κ3) is 2.66. The van der Waals surface area contributed by atoms with Gasteiger partial charge in [-0.25, -0.2) is 4.98 Å². The second kappa shape index (κ2) is 4.24. The van der Waals surface area contributed by atoms with Crippen molar-refractivity contribution in [3.63, 3.8) is 0 Å². The monoisotopic (exact) mass is 226 g/mol. The van der Waals surface area contributed by atoms with Gasteiger partial charge in [-0.05, 0) is 6.54 Å². The Kier molecular flexibility index (Phi) is 3.46. The molecule has 0 bridgehead atoms. The van der Waals surface area contributed by atoms with Gasteiger partial charge in [-0.1, -0.05) is 0 Å². The second-order valence-corrected chi connectivity index (χ2v) is 3.55. The molecule has 1 aromatic rings. The minimum Gasteiger partial charge on any atom is -0.377 e. The number of aliphatic hydroxyl groups excluding tert-OH is 1. The highest BCUT2D eigenvalue weighted by Crippen LogP contribution is 2.33. The van der Waals surface area contributed by atoms with Crippen LogP contribution in [0.3, 0.4) is 0 Å². The number of aromatic nitrogens is 1. The summed E-state index contributed by atoms with van der Waals surface area (Å²) in [6.45, 7) is 0.325. The van der Waals surface area contributed by atoms with E-state index in [1.54, 1.807) is 0 Å². The molecule has 0 aromatic carbocycles. The van der Waals surface area contributed by atoms with Crippen molar-refractivity contribution < 1.29 is 18.3 Å². The Bertz CT molecular complexity index is 299. The Morgan fingerprint density at radius 1 is 1.57 bits per heavy atom. The molecule has 0 amide bonds. The number of hydrogen-bond acceptors (Lipinski definition) is 4. The molecule has 0 saturated carbocycles. The summed E-state index contributed by atoms with van der Waals surface area (Å²) in [7, 11) is 0. The van der Waals surface area contributed by atoms with Crippen LogP contribution >= 0.6 is 11.3 Å². The highest BCUT2D eigenvalue weighted by Gasteiger charge is 2.41. The number of hydrogen-bond donors (Lipinski definition) is 2. The fraction of sp³-hybridized carbons (Fsp3) is 0.571. The SMILES string of the molecule is NCCc1csc(C(O)C(F)(F)F)n1. The van der Waals surface area contributed by atoms with E-state index in [9.17, 15) is 13.2 Å². The molecular formula is C7H9F3N2OS. The fourth-order valence-electron chi connectivity index (χ4n) is 0.851. The first kappa shape index (κ1) is 11.4. The lowest BCUT2D eigenvalue weighted by Crippen LogP contribution is -2.20. The van der Waals surface area contributed by atoms with Gasteiger partial charge in [0.2, 0.25) is 6.10 Å². The Balaban J connectivity index is 2.76. The molecule has 3 N–H and O–H groups in total.